The molecule has 0 aliphatic carbocycles. The molecule has 0 spiro atoms. The number of carbonyl (C=O) groups is 1. The van der Waals surface area contributed by atoms with E-state index in [1.54, 1.807) is 0 Å². The van der Waals surface area contributed by atoms with Gasteiger partial charge < -0.3 is 4.74 Å². The summed E-state index contributed by atoms with van der Waals surface area (Å²) in [5.41, 5.74) is -0.378. The third-order valence-corrected chi connectivity index (χ3v) is 2.94. The maximum absolute atomic E-state index is 11.9. The lowest BCUT2D eigenvalue weighted by Gasteiger charge is -2.29. The third-order valence-electron chi connectivity index (χ3n) is 2.94. The number of rotatable bonds is 2. The van der Waals surface area contributed by atoms with Gasteiger partial charge in [0.1, 0.15) is 11.6 Å². The Morgan fingerprint density at radius 1 is 1.12 bits per heavy atom. The van der Waals surface area contributed by atoms with Crippen LogP contribution >= 0.6 is 0 Å². The second kappa shape index (κ2) is 5.67. The van der Waals surface area contributed by atoms with Crippen LogP contribution in [0.5, 0.6) is 0 Å². The van der Waals surface area contributed by atoms with E-state index in [1.165, 1.54) is 25.7 Å². The fourth-order valence-electron chi connectivity index (χ4n) is 2.02. The summed E-state index contributed by atoms with van der Waals surface area (Å²) in [5, 5.41) is 0. The molecule has 1 saturated heterocycles. The summed E-state index contributed by atoms with van der Waals surface area (Å²) in [4.78, 5) is 14.2. The molecule has 1 fully saturated rings. The lowest BCUT2D eigenvalue weighted by Crippen LogP contribution is -2.43. The molecule has 0 radical (unpaired) electrons. The molecule has 94 valence electrons. The summed E-state index contributed by atoms with van der Waals surface area (Å²) >= 11 is 0. The minimum absolute atomic E-state index is 0.0885. The predicted molar refractivity (Wildman–Crippen MR) is 65.3 cm³/mol. The molecule has 0 aromatic heterocycles. The van der Waals surface area contributed by atoms with Crippen LogP contribution in [0.3, 0.4) is 0 Å². The molecular formula is C13H25NO2. The lowest BCUT2D eigenvalue weighted by molar-refractivity contribution is -0.160. The average molecular weight is 227 g/mol. The number of esters is 1. The van der Waals surface area contributed by atoms with Gasteiger partial charge in [-0.3, -0.25) is 9.69 Å². The van der Waals surface area contributed by atoms with Gasteiger partial charge in [0.15, 0.2) is 0 Å². The summed E-state index contributed by atoms with van der Waals surface area (Å²) in [6.07, 6.45) is 4.98. The summed E-state index contributed by atoms with van der Waals surface area (Å²) in [6.45, 7) is 9.76. The van der Waals surface area contributed by atoms with Crippen molar-refractivity contribution in [2.45, 2.75) is 65.0 Å². The van der Waals surface area contributed by atoms with E-state index >= 15 is 0 Å². The lowest BCUT2D eigenvalue weighted by atomic mass is 10.2. The molecule has 0 amide bonds. The minimum atomic E-state index is -0.378. The maximum atomic E-state index is 11.9. The summed E-state index contributed by atoms with van der Waals surface area (Å²) < 4.78 is 5.41. The Hall–Kier alpha value is -0.570. The van der Waals surface area contributed by atoms with E-state index < -0.39 is 0 Å². The molecule has 0 aromatic rings. The first-order chi connectivity index (χ1) is 7.40. The largest absolute Gasteiger partial charge is 0.459 e. The van der Waals surface area contributed by atoms with Gasteiger partial charge in [-0.15, -0.1) is 0 Å². The number of hydrogen-bond acceptors (Lipinski definition) is 3. The first-order valence-corrected chi connectivity index (χ1v) is 6.37. The van der Waals surface area contributed by atoms with Crippen LogP contribution in [0.2, 0.25) is 0 Å². The van der Waals surface area contributed by atoms with Crippen LogP contribution in [-0.4, -0.2) is 35.6 Å². The summed E-state index contributed by atoms with van der Waals surface area (Å²) in [6, 6.07) is -0.0997. The van der Waals surface area contributed by atoms with Crippen molar-refractivity contribution in [3.63, 3.8) is 0 Å². The van der Waals surface area contributed by atoms with Gasteiger partial charge in [-0.2, -0.15) is 0 Å². The van der Waals surface area contributed by atoms with Crippen LogP contribution in [0.15, 0.2) is 0 Å². The van der Waals surface area contributed by atoms with Crippen molar-refractivity contribution < 1.29 is 9.53 Å². The zero-order valence-electron chi connectivity index (χ0n) is 11.1. The highest BCUT2D eigenvalue weighted by molar-refractivity contribution is 5.75. The SMILES string of the molecule is CC(C(=O)OC(C)(C)C)N1CCCCCC1. The molecule has 0 N–H and O–H groups in total. The van der Waals surface area contributed by atoms with Gasteiger partial charge >= 0.3 is 5.97 Å². The molecule has 1 aliphatic rings. The Labute approximate surface area is 99.1 Å². The van der Waals surface area contributed by atoms with Gasteiger partial charge in [0.25, 0.3) is 0 Å². The van der Waals surface area contributed by atoms with E-state index in [0.717, 1.165) is 13.1 Å². The predicted octanol–water partition coefficient (Wildman–Crippen LogP) is 2.59. The zero-order chi connectivity index (χ0) is 12.2. The van der Waals surface area contributed by atoms with E-state index in [9.17, 15) is 4.79 Å². The number of nitrogens with zero attached hydrogens (tertiary/aromatic N) is 1. The van der Waals surface area contributed by atoms with Crippen molar-refractivity contribution >= 4 is 5.97 Å². The molecule has 1 heterocycles. The Morgan fingerprint density at radius 3 is 2.06 bits per heavy atom. The molecule has 1 atom stereocenters. The molecule has 1 unspecified atom stereocenters. The topological polar surface area (TPSA) is 29.5 Å². The van der Waals surface area contributed by atoms with E-state index in [2.05, 4.69) is 4.90 Å². The van der Waals surface area contributed by atoms with Crippen molar-refractivity contribution in [1.29, 1.82) is 0 Å². The summed E-state index contributed by atoms with van der Waals surface area (Å²) in [7, 11) is 0. The first-order valence-electron chi connectivity index (χ1n) is 6.37. The second-order valence-corrected chi connectivity index (χ2v) is 5.66. The average Bonchev–Trinajstić information content (AvgIpc) is 2.41. The number of carbonyl (C=O) groups excluding carboxylic acids is 1. The fraction of sp³-hybridized carbons (Fsp3) is 0.923. The highest BCUT2D eigenvalue weighted by Gasteiger charge is 2.26. The molecule has 0 bridgehead atoms. The van der Waals surface area contributed by atoms with Crippen molar-refractivity contribution in [3.8, 4) is 0 Å². The molecule has 1 rings (SSSR count). The van der Waals surface area contributed by atoms with Crippen LogP contribution in [0.1, 0.15) is 53.4 Å². The van der Waals surface area contributed by atoms with E-state index in [0.29, 0.717) is 0 Å². The van der Waals surface area contributed by atoms with Gasteiger partial charge in [-0.1, -0.05) is 12.8 Å². The number of likely N-dealkylation sites (tertiary alicyclic amines) is 1. The van der Waals surface area contributed by atoms with Crippen molar-refractivity contribution in [1.82, 2.24) is 4.90 Å². The molecule has 0 saturated carbocycles. The highest BCUT2D eigenvalue weighted by Crippen LogP contribution is 2.15. The third kappa shape index (κ3) is 4.52. The standard InChI is InChI=1S/C13H25NO2/c1-11(12(15)16-13(2,3)4)14-9-7-5-6-8-10-14/h11H,5-10H2,1-4H3. The van der Waals surface area contributed by atoms with Crippen LogP contribution in [0.25, 0.3) is 0 Å². The molecule has 3 heteroatoms. The zero-order valence-corrected chi connectivity index (χ0v) is 11.1. The Bertz CT molecular complexity index is 225. The minimum Gasteiger partial charge on any atom is -0.459 e. The molecule has 3 nitrogen and oxygen atoms in total. The fourth-order valence-corrected chi connectivity index (χ4v) is 2.02. The molecule has 16 heavy (non-hydrogen) atoms. The quantitative estimate of drug-likeness (QED) is 0.679. The van der Waals surface area contributed by atoms with Crippen LogP contribution < -0.4 is 0 Å². The van der Waals surface area contributed by atoms with Crippen molar-refractivity contribution in [3.05, 3.63) is 0 Å². The maximum Gasteiger partial charge on any atom is 0.323 e. The van der Waals surface area contributed by atoms with E-state index in [-0.39, 0.29) is 17.6 Å². The molecular weight excluding hydrogens is 202 g/mol. The van der Waals surface area contributed by atoms with Crippen LogP contribution in [0.4, 0.5) is 0 Å². The normalized spacial score (nSPS) is 21.2. The Morgan fingerprint density at radius 2 is 1.62 bits per heavy atom. The van der Waals surface area contributed by atoms with Gasteiger partial charge in [0.2, 0.25) is 0 Å². The van der Waals surface area contributed by atoms with Gasteiger partial charge in [-0.05, 0) is 53.6 Å². The van der Waals surface area contributed by atoms with Crippen LogP contribution in [-0.2, 0) is 9.53 Å². The molecule has 1 aliphatic heterocycles. The summed E-state index contributed by atoms with van der Waals surface area (Å²) in [5.74, 6) is -0.0885. The number of hydrogen-bond donors (Lipinski definition) is 0. The van der Waals surface area contributed by atoms with Crippen molar-refractivity contribution in [2.75, 3.05) is 13.1 Å². The van der Waals surface area contributed by atoms with E-state index in [4.69, 9.17) is 4.74 Å². The smallest absolute Gasteiger partial charge is 0.323 e. The molecule has 0 aromatic carbocycles. The van der Waals surface area contributed by atoms with Gasteiger partial charge in [0.05, 0.1) is 0 Å². The van der Waals surface area contributed by atoms with Gasteiger partial charge in [-0.25, -0.2) is 0 Å². The van der Waals surface area contributed by atoms with Crippen LogP contribution in [0, 0.1) is 0 Å². The monoisotopic (exact) mass is 227 g/mol. The van der Waals surface area contributed by atoms with Gasteiger partial charge in [0, 0.05) is 0 Å². The first kappa shape index (κ1) is 13.5. The Kier molecular flexibility index (Phi) is 4.78. The second-order valence-electron chi connectivity index (χ2n) is 5.66. The Balaban J connectivity index is 2.48. The highest BCUT2D eigenvalue weighted by atomic mass is 16.6. The van der Waals surface area contributed by atoms with E-state index in [1.807, 2.05) is 27.7 Å². The number of ether oxygens (including phenoxy) is 1. The van der Waals surface area contributed by atoms with Crippen molar-refractivity contribution in [2.24, 2.45) is 0 Å².